The summed E-state index contributed by atoms with van der Waals surface area (Å²) in [5.74, 6) is 0.905. The van der Waals surface area contributed by atoms with Crippen molar-refractivity contribution in [1.29, 1.82) is 0 Å². The van der Waals surface area contributed by atoms with Crippen molar-refractivity contribution >= 4 is 34.9 Å². The average molecular weight is 408 g/mol. The van der Waals surface area contributed by atoms with Gasteiger partial charge < -0.3 is 15.0 Å². The monoisotopic (exact) mass is 407 g/mol. The Morgan fingerprint density at radius 3 is 2.39 bits per heavy atom. The summed E-state index contributed by atoms with van der Waals surface area (Å²) in [5.41, 5.74) is 1.69. The molecule has 0 saturated heterocycles. The summed E-state index contributed by atoms with van der Waals surface area (Å²) in [6.07, 6.45) is 8.55. The molecule has 1 heterocycles. The average Bonchev–Trinajstić information content (AvgIpc) is 2.70. The Morgan fingerprint density at radius 1 is 1.11 bits per heavy atom. The predicted octanol–water partition coefficient (Wildman–Crippen LogP) is 5.29. The molecule has 156 valence electrons. The number of amides is 1. The molecule has 0 spiro atoms. The van der Waals surface area contributed by atoms with E-state index in [1.807, 2.05) is 29.2 Å². The zero-order valence-electron chi connectivity index (χ0n) is 17.4. The number of aromatic nitrogens is 1. The maximum Gasteiger partial charge on any atom is 0.241 e. The molecule has 0 aliphatic heterocycles. The number of benzene rings is 1. The van der Waals surface area contributed by atoms with Crippen LogP contribution in [0.15, 0.2) is 30.5 Å². The molecule has 0 aliphatic rings. The maximum absolute atomic E-state index is 12.8. The van der Waals surface area contributed by atoms with Crippen molar-refractivity contribution in [2.24, 2.45) is 0 Å². The highest BCUT2D eigenvalue weighted by molar-refractivity contribution is 5.93. The SMILES string of the molecule is CCCCCN(CCCCC)C(=O)CNc1cc(OC)cc2cccnc12.Cl. The lowest BCUT2D eigenvalue weighted by Gasteiger charge is -2.23. The molecule has 0 bridgehead atoms. The first-order valence-electron chi connectivity index (χ1n) is 10.1. The van der Waals surface area contributed by atoms with Crippen molar-refractivity contribution in [1.82, 2.24) is 9.88 Å². The number of carbonyl (C=O) groups is 1. The van der Waals surface area contributed by atoms with Crippen LogP contribution in [0.5, 0.6) is 5.75 Å². The number of hydrogen-bond acceptors (Lipinski definition) is 4. The maximum atomic E-state index is 12.8. The van der Waals surface area contributed by atoms with Gasteiger partial charge in [0.1, 0.15) is 5.75 Å². The third-order valence-corrected chi connectivity index (χ3v) is 4.76. The number of nitrogens with zero attached hydrogens (tertiary/aromatic N) is 2. The lowest BCUT2D eigenvalue weighted by Crippen LogP contribution is -2.37. The second-order valence-corrected chi connectivity index (χ2v) is 6.90. The van der Waals surface area contributed by atoms with Crippen LogP contribution in [0.25, 0.3) is 10.9 Å². The van der Waals surface area contributed by atoms with Gasteiger partial charge in [0.25, 0.3) is 0 Å². The molecule has 2 rings (SSSR count). The number of carbonyl (C=O) groups excluding carboxylic acids is 1. The Balaban J connectivity index is 0.00000392. The molecule has 1 amide bonds. The highest BCUT2D eigenvalue weighted by Gasteiger charge is 2.14. The number of ether oxygens (including phenoxy) is 1. The first-order chi connectivity index (χ1) is 13.2. The van der Waals surface area contributed by atoms with Gasteiger partial charge in [-0.1, -0.05) is 45.6 Å². The van der Waals surface area contributed by atoms with Crippen molar-refractivity contribution in [2.45, 2.75) is 52.4 Å². The fraction of sp³-hybridized carbons (Fsp3) is 0.545. The summed E-state index contributed by atoms with van der Waals surface area (Å²) < 4.78 is 5.39. The van der Waals surface area contributed by atoms with E-state index in [2.05, 4.69) is 24.1 Å². The molecule has 5 nitrogen and oxygen atoms in total. The van der Waals surface area contributed by atoms with E-state index in [1.54, 1.807) is 13.3 Å². The van der Waals surface area contributed by atoms with Gasteiger partial charge in [0, 0.05) is 30.7 Å². The van der Waals surface area contributed by atoms with E-state index in [9.17, 15) is 4.79 Å². The minimum Gasteiger partial charge on any atom is -0.497 e. The molecule has 0 aliphatic carbocycles. The summed E-state index contributed by atoms with van der Waals surface area (Å²) in [6.45, 7) is 6.33. The van der Waals surface area contributed by atoms with Crippen LogP contribution in [-0.2, 0) is 4.79 Å². The van der Waals surface area contributed by atoms with Crippen LogP contribution in [0.2, 0.25) is 0 Å². The molecule has 1 N–H and O–H groups in total. The first kappa shape index (κ1) is 24.0. The molecule has 0 unspecified atom stereocenters. The fourth-order valence-corrected chi connectivity index (χ4v) is 3.17. The molecule has 0 radical (unpaired) electrons. The Bertz CT molecular complexity index is 714. The van der Waals surface area contributed by atoms with Gasteiger partial charge in [-0.15, -0.1) is 12.4 Å². The summed E-state index contributed by atoms with van der Waals surface area (Å²) >= 11 is 0. The van der Waals surface area contributed by atoms with E-state index in [0.29, 0.717) is 0 Å². The quantitative estimate of drug-likeness (QED) is 0.486. The summed E-state index contributed by atoms with van der Waals surface area (Å²) in [7, 11) is 1.65. The fourth-order valence-electron chi connectivity index (χ4n) is 3.17. The number of methoxy groups -OCH3 is 1. The summed E-state index contributed by atoms with van der Waals surface area (Å²) in [6, 6.07) is 7.76. The van der Waals surface area contributed by atoms with Gasteiger partial charge in [-0.05, 0) is 25.0 Å². The second-order valence-electron chi connectivity index (χ2n) is 6.90. The Morgan fingerprint density at radius 2 is 1.79 bits per heavy atom. The number of anilines is 1. The van der Waals surface area contributed by atoms with Crippen LogP contribution in [0.1, 0.15) is 52.4 Å². The number of pyridine rings is 1. The van der Waals surface area contributed by atoms with Crippen molar-refractivity contribution in [3.63, 3.8) is 0 Å². The number of fused-ring (bicyclic) bond motifs is 1. The lowest BCUT2D eigenvalue weighted by atomic mass is 10.1. The van der Waals surface area contributed by atoms with Gasteiger partial charge in [0.05, 0.1) is 24.9 Å². The molecule has 0 atom stereocenters. The molecule has 2 aromatic rings. The number of nitrogens with one attached hydrogen (secondary N) is 1. The van der Waals surface area contributed by atoms with E-state index in [0.717, 1.165) is 74.0 Å². The molecule has 6 heteroatoms. The van der Waals surface area contributed by atoms with E-state index < -0.39 is 0 Å². The molecule has 1 aromatic heterocycles. The molecule has 0 saturated carbocycles. The standard InChI is InChI=1S/C22H33N3O2.ClH/c1-4-6-8-13-25(14-9-7-5-2)21(26)17-24-20-16-19(27-3)15-18-11-10-12-23-22(18)20;/h10-12,15-16,24H,4-9,13-14,17H2,1-3H3;1H. The molecular formula is C22H34ClN3O2. The van der Waals surface area contributed by atoms with Crippen molar-refractivity contribution in [3.05, 3.63) is 30.5 Å². The highest BCUT2D eigenvalue weighted by Crippen LogP contribution is 2.27. The van der Waals surface area contributed by atoms with E-state index >= 15 is 0 Å². The van der Waals surface area contributed by atoms with Gasteiger partial charge in [0.15, 0.2) is 0 Å². The topological polar surface area (TPSA) is 54.5 Å². The smallest absolute Gasteiger partial charge is 0.241 e. The minimum atomic E-state index is 0. The second kappa shape index (κ2) is 13.2. The van der Waals surface area contributed by atoms with Gasteiger partial charge in [0.2, 0.25) is 5.91 Å². The zero-order valence-corrected chi connectivity index (χ0v) is 18.2. The van der Waals surface area contributed by atoms with E-state index in [1.165, 1.54) is 0 Å². The predicted molar refractivity (Wildman–Crippen MR) is 120 cm³/mol. The van der Waals surface area contributed by atoms with Gasteiger partial charge >= 0.3 is 0 Å². The third kappa shape index (κ3) is 7.19. The molecule has 0 fully saturated rings. The van der Waals surface area contributed by atoms with Crippen LogP contribution < -0.4 is 10.1 Å². The Kier molecular flexibility index (Phi) is 11.3. The highest BCUT2D eigenvalue weighted by atomic mass is 35.5. The zero-order chi connectivity index (χ0) is 19.5. The van der Waals surface area contributed by atoms with Crippen molar-refractivity contribution in [3.8, 4) is 5.75 Å². The van der Waals surface area contributed by atoms with Crippen molar-refractivity contribution in [2.75, 3.05) is 32.1 Å². The first-order valence-corrected chi connectivity index (χ1v) is 10.1. The van der Waals surface area contributed by atoms with Gasteiger partial charge in [-0.25, -0.2) is 0 Å². The van der Waals surface area contributed by atoms with E-state index in [4.69, 9.17) is 4.74 Å². The lowest BCUT2D eigenvalue weighted by molar-refractivity contribution is -0.129. The molecular weight excluding hydrogens is 374 g/mol. The number of rotatable bonds is 12. The molecule has 28 heavy (non-hydrogen) atoms. The van der Waals surface area contributed by atoms with Crippen LogP contribution in [0.3, 0.4) is 0 Å². The van der Waals surface area contributed by atoms with Crippen LogP contribution in [-0.4, -0.2) is 42.5 Å². The van der Waals surface area contributed by atoms with Crippen LogP contribution in [0, 0.1) is 0 Å². The van der Waals surface area contributed by atoms with E-state index in [-0.39, 0.29) is 24.9 Å². The normalized spacial score (nSPS) is 10.4. The number of unbranched alkanes of at least 4 members (excludes halogenated alkanes) is 4. The molecule has 1 aromatic carbocycles. The summed E-state index contributed by atoms with van der Waals surface area (Å²) in [5, 5.41) is 4.28. The number of hydrogen-bond donors (Lipinski definition) is 1. The Hall–Kier alpha value is -2.01. The van der Waals surface area contributed by atoms with Crippen LogP contribution >= 0.6 is 12.4 Å². The largest absolute Gasteiger partial charge is 0.497 e. The van der Waals surface area contributed by atoms with Gasteiger partial charge in [-0.2, -0.15) is 0 Å². The minimum absolute atomic E-state index is 0. The number of halogens is 1. The third-order valence-electron chi connectivity index (χ3n) is 4.76. The van der Waals surface area contributed by atoms with Crippen molar-refractivity contribution < 1.29 is 9.53 Å². The van der Waals surface area contributed by atoms with Crippen LogP contribution in [0.4, 0.5) is 5.69 Å². The van der Waals surface area contributed by atoms with Gasteiger partial charge in [-0.3, -0.25) is 9.78 Å². The summed E-state index contributed by atoms with van der Waals surface area (Å²) in [4.78, 5) is 19.3. The Labute approximate surface area is 175 Å².